The number of hydrogen-bond donors (Lipinski definition) is 2. The number of aromatic nitrogens is 1. The average molecular weight is 285 g/mol. The Kier molecular flexibility index (Phi) is 3.32. The Morgan fingerprint density at radius 1 is 1.29 bits per heavy atom. The van der Waals surface area contributed by atoms with Crippen LogP contribution in [0.1, 0.15) is 26.3 Å². The summed E-state index contributed by atoms with van der Waals surface area (Å²) in [4.78, 5) is 0. The molecule has 0 saturated heterocycles. The number of nitrogens with one attached hydrogen (secondary N) is 1. The number of rotatable bonds is 4. The van der Waals surface area contributed by atoms with Gasteiger partial charge in [-0.05, 0) is 31.2 Å². The van der Waals surface area contributed by atoms with E-state index in [0.717, 1.165) is 23.7 Å². The molecule has 1 aliphatic rings. The first-order valence-corrected chi connectivity index (χ1v) is 7.43. The van der Waals surface area contributed by atoms with E-state index in [0.29, 0.717) is 12.6 Å². The summed E-state index contributed by atoms with van der Waals surface area (Å²) in [7, 11) is 0. The molecule has 1 atom stereocenters. The minimum Gasteiger partial charge on any atom is -0.490 e. The van der Waals surface area contributed by atoms with Gasteiger partial charge in [-0.1, -0.05) is 13.8 Å². The molecule has 1 aromatic heterocycles. The number of nitrogen functional groups attached to an aromatic ring is 1. The summed E-state index contributed by atoms with van der Waals surface area (Å²) >= 11 is 0. The zero-order chi connectivity index (χ0) is 15.0. The summed E-state index contributed by atoms with van der Waals surface area (Å²) in [5.74, 6) is 0.892. The maximum absolute atomic E-state index is 6.18. The van der Waals surface area contributed by atoms with Gasteiger partial charge in [-0.15, -0.1) is 0 Å². The van der Waals surface area contributed by atoms with Crippen LogP contribution in [-0.2, 0) is 12.0 Å². The highest BCUT2D eigenvalue weighted by Crippen LogP contribution is 2.48. The molecule has 1 aromatic carbocycles. The fraction of sp³-hybridized carbons (Fsp3) is 0.412. The Morgan fingerprint density at radius 3 is 2.71 bits per heavy atom. The van der Waals surface area contributed by atoms with Crippen molar-refractivity contribution in [3.8, 4) is 5.75 Å². The zero-order valence-electron chi connectivity index (χ0n) is 12.9. The number of hydrogen-bond acceptors (Lipinski definition) is 3. The predicted molar refractivity (Wildman–Crippen MR) is 86.9 cm³/mol. The quantitative estimate of drug-likeness (QED) is 0.848. The molecule has 0 fully saturated rings. The van der Waals surface area contributed by atoms with Crippen molar-refractivity contribution in [2.24, 2.45) is 0 Å². The molecule has 0 saturated carbocycles. The van der Waals surface area contributed by atoms with Crippen molar-refractivity contribution in [1.29, 1.82) is 0 Å². The first kappa shape index (κ1) is 13.9. The van der Waals surface area contributed by atoms with Crippen LogP contribution in [0.15, 0.2) is 36.7 Å². The Balaban J connectivity index is 1.80. The Hall–Kier alpha value is -2.10. The smallest absolute Gasteiger partial charge is 0.142 e. The van der Waals surface area contributed by atoms with Gasteiger partial charge in [-0.3, -0.25) is 0 Å². The van der Waals surface area contributed by atoms with E-state index in [9.17, 15) is 0 Å². The molecule has 0 bridgehead atoms. The average Bonchev–Trinajstić information content (AvgIpc) is 3.01. The van der Waals surface area contributed by atoms with Gasteiger partial charge in [0.05, 0.1) is 12.2 Å². The number of ether oxygens (including phenoxy) is 1. The summed E-state index contributed by atoms with van der Waals surface area (Å²) in [5, 5.41) is 3.53. The SMILES string of the molecule is CC1Nc2c(OCCn3cccc3)ccc(N)c2C1(C)C. The van der Waals surface area contributed by atoms with Crippen LogP contribution in [0.2, 0.25) is 0 Å². The lowest BCUT2D eigenvalue weighted by Crippen LogP contribution is -2.30. The summed E-state index contributed by atoms with van der Waals surface area (Å²) in [6.45, 7) is 8.10. The molecule has 1 aliphatic heterocycles. The molecule has 21 heavy (non-hydrogen) atoms. The van der Waals surface area contributed by atoms with E-state index in [4.69, 9.17) is 10.5 Å². The second kappa shape index (κ2) is 5.02. The van der Waals surface area contributed by atoms with E-state index >= 15 is 0 Å². The lowest BCUT2D eigenvalue weighted by molar-refractivity contribution is 0.300. The van der Waals surface area contributed by atoms with Gasteiger partial charge < -0.3 is 20.4 Å². The number of fused-ring (bicyclic) bond motifs is 1. The van der Waals surface area contributed by atoms with E-state index in [1.54, 1.807) is 0 Å². The van der Waals surface area contributed by atoms with Gasteiger partial charge in [-0.25, -0.2) is 0 Å². The lowest BCUT2D eigenvalue weighted by atomic mass is 9.80. The molecule has 2 aromatic rings. The number of anilines is 2. The molecular weight excluding hydrogens is 262 g/mol. The van der Waals surface area contributed by atoms with E-state index in [1.165, 1.54) is 5.56 Å². The van der Waals surface area contributed by atoms with Crippen LogP contribution >= 0.6 is 0 Å². The van der Waals surface area contributed by atoms with Gasteiger partial charge in [0.15, 0.2) is 0 Å². The standard InChI is InChI=1S/C17H23N3O/c1-12-17(2,3)15-13(18)6-7-14(16(15)19-12)21-11-10-20-8-4-5-9-20/h4-9,12,19H,10-11,18H2,1-3H3. The molecule has 3 N–H and O–H groups in total. The first-order valence-electron chi connectivity index (χ1n) is 7.43. The molecule has 2 heterocycles. The van der Waals surface area contributed by atoms with Crippen molar-refractivity contribution in [2.75, 3.05) is 17.7 Å². The topological polar surface area (TPSA) is 52.2 Å². The second-order valence-corrected chi connectivity index (χ2v) is 6.26. The number of nitrogens with zero attached hydrogens (tertiary/aromatic N) is 1. The van der Waals surface area contributed by atoms with Crippen LogP contribution in [0, 0.1) is 0 Å². The molecule has 0 amide bonds. The van der Waals surface area contributed by atoms with Crippen LogP contribution in [0.3, 0.4) is 0 Å². The van der Waals surface area contributed by atoms with Crippen molar-refractivity contribution in [3.63, 3.8) is 0 Å². The van der Waals surface area contributed by atoms with Gasteiger partial charge in [-0.2, -0.15) is 0 Å². The Labute approximate surface area is 125 Å². The summed E-state index contributed by atoms with van der Waals surface area (Å²) in [5.41, 5.74) is 9.27. The normalized spacial score (nSPS) is 19.1. The van der Waals surface area contributed by atoms with Crippen LogP contribution in [0.4, 0.5) is 11.4 Å². The second-order valence-electron chi connectivity index (χ2n) is 6.26. The van der Waals surface area contributed by atoms with Crippen molar-refractivity contribution in [2.45, 2.75) is 38.8 Å². The van der Waals surface area contributed by atoms with Crippen molar-refractivity contribution in [1.82, 2.24) is 4.57 Å². The van der Waals surface area contributed by atoms with Crippen LogP contribution in [0.25, 0.3) is 0 Å². The third-order valence-electron chi connectivity index (χ3n) is 4.56. The highest BCUT2D eigenvalue weighted by molar-refractivity contribution is 5.77. The van der Waals surface area contributed by atoms with Crippen LogP contribution in [-0.4, -0.2) is 17.2 Å². The highest BCUT2D eigenvalue weighted by atomic mass is 16.5. The van der Waals surface area contributed by atoms with E-state index < -0.39 is 0 Å². The maximum atomic E-state index is 6.18. The predicted octanol–water partition coefficient (Wildman–Crippen LogP) is 3.24. The van der Waals surface area contributed by atoms with Gasteiger partial charge in [0.2, 0.25) is 0 Å². The minimum atomic E-state index is 0.0131. The van der Waals surface area contributed by atoms with Gasteiger partial charge in [0, 0.05) is 35.1 Å². The lowest BCUT2D eigenvalue weighted by Gasteiger charge is -2.25. The van der Waals surface area contributed by atoms with Crippen molar-refractivity contribution in [3.05, 3.63) is 42.2 Å². The Bertz CT molecular complexity index is 632. The largest absolute Gasteiger partial charge is 0.490 e. The third-order valence-corrected chi connectivity index (χ3v) is 4.56. The molecule has 4 nitrogen and oxygen atoms in total. The van der Waals surface area contributed by atoms with Crippen molar-refractivity contribution >= 4 is 11.4 Å². The van der Waals surface area contributed by atoms with Crippen molar-refractivity contribution < 1.29 is 4.74 Å². The molecule has 0 aliphatic carbocycles. The number of nitrogens with two attached hydrogens (primary N) is 1. The molecule has 1 unspecified atom stereocenters. The van der Waals surface area contributed by atoms with Gasteiger partial charge in [0.1, 0.15) is 12.4 Å². The first-order chi connectivity index (χ1) is 10.00. The van der Waals surface area contributed by atoms with Gasteiger partial charge >= 0.3 is 0 Å². The molecule has 112 valence electrons. The number of benzene rings is 1. The summed E-state index contributed by atoms with van der Waals surface area (Å²) in [6.07, 6.45) is 4.08. The molecule has 0 spiro atoms. The Morgan fingerprint density at radius 2 is 2.00 bits per heavy atom. The maximum Gasteiger partial charge on any atom is 0.142 e. The minimum absolute atomic E-state index is 0.0131. The summed E-state index contributed by atoms with van der Waals surface area (Å²) in [6, 6.07) is 8.29. The fourth-order valence-electron chi connectivity index (χ4n) is 2.95. The molecule has 4 heteroatoms. The third kappa shape index (κ3) is 2.35. The van der Waals surface area contributed by atoms with E-state index in [2.05, 4.69) is 30.7 Å². The fourth-order valence-corrected chi connectivity index (χ4v) is 2.95. The van der Waals surface area contributed by atoms with Crippen LogP contribution in [0.5, 0.6) is 5.75 Å². The van der Waals surface area contributed by atoms with E-state index in [-0.39, 0.29) is 5.41 Å². The summed E-state index contributed by atoms with van der Waals surface area (Å²) < 4.78 is 8.09. The monoisotopic (exact) mass is 285 g/mol. The zero-order valence-corrected chi connectivity index (χ0v) is 12.9. The highest BCUT2D eigenvalue weighted by Gasteiger charge is 2.39. The van der Waals surface area contributed by atoms with E-state index in [1.807, 2.05) is 36.7 Å². The molecule has 3 rings (SSSR count). The van der Waals surface area contributed by atoms with Gasteiger partial charge in [0.25, 0.3) is 0 Å². The molecule has 0 radical (unpaired) electrons. The molecular formula is C17H23N3O. The van der Waals surface area contributed by atoms with Crippen LogP contribution < -0.4 is 15.8 Å².